The molecule has 0 amide bonds. The van der Waals surface area contributed by atoms with Gasteiger partial charge in [0.1, 0.15) is 0 Å². The normalized spacial score (nSPS) is 31.7. The van der Waals surface area contributed by atoms with Gasteiger partial charge in [0.2, 0.25) is 0 Å². The minimum atomic E-state index is 0.251. The van der Waals surface area contributed by atoms with E-state index in [2.05, 4.69) is 33.0 Å². The zero-order valence-corrected chi connectivity index (χ0v) is 11.7. The van der Waals surface area contributed by atoms with Crippen LogP contribution < -0.4 is 5.32 Å². The molecule has 0 spiro atoms. The summed E-state index contributed by atoms with van der Waals surface area (Å²) >= 11 is 0. The molecule has 1 aliphatic carbocycles. The molecule has 1 saturated carbocycles. The molecule has 0 aromatic heterocycles. The van der Waals surface area contributed by atoms with Gasteiger partial charge in [0.15, 0.2) is 0 Å². The van der Waals surface area contributed by atoms with Crippen LogP contribution in [-0.4, -0.2) is 26.3 Å². The van der Waals surface area contributed by atoms with E-state index in [0.29, 0.717) is 6.10 Å². The first-order chi connectivity index (χ1) is 7.44. The third-order valence-electron chi connectivity index (χ3n) is 3.92. The first kappa shape index (κ1) is 14.0. The average molecular weight is 227 g/mol. The van der Waals surface area contributed by atoms with Crippen molar-refractivity contribution in [3.8, 4) is 0 Å². The summed E-state index contributed by atoms with van der Waals surface area (Å²) in [4.78, 5) is 0. The molecule has 1 aliphatic rings. The fourth-order valence-corrected chi connectivity index (χ4v) is 2.52. The fourth-order valence-electron chi connectivity index (χ4n) is 2.52. The standard InChI is InChI=1S/C14H29NO/c1-11-6-7-13(8-12(11)2)16-10-14(3,4)9-15-5/h11-13,15H,6-10H2,1-5H3. The van der Waals surface area contributed by atoms with Crippen LogP contribution in [-0.2, 0) is 4.74 Å². The van der Waals surface area contributed by atoms with E-state index in [1.54, 1.807) is 0 Å². The highest BCUT2D eigenvalue weighted by atomic mass is 16.5. The van der Waals surface area contributed by atoms with E-state index in [9.17, 15) is 0 Å². The molecule has 2 nitrogen and oxygen atoms in total. The maximum Gasteiger partial charge on any atom is 0.0578 e. The Bertz CT molecular complexity index is 203. The molecule has 3 atom stereocenters. The van der Waals surface area contributed by atoms with E-state index in [1.165, 1.54) is 19.3 Å². The largest absolute Gasteiger partial charge is 0.378 e. The summed E-state index contributed by atoms with van der Waals surface area (Å²) in [6.45, 7) is 11.1. The highest BCUT2D eigenvalue weighted by molar-refractivity contribution is 4.77. The van der Waals surface area contributed by atoms with E-state index in [0.717, 1.165) is 25.0 Å². The maximum atomic E-state index is 6.08. The third kappa shape index (κ3) is 4.42. The van der Waals surface area contributed by atoms with Crippen molar-refractivity contribution in [3.05, 3.63) is 0 Å². The van der Waals surface area contributed by atoms with Crippen LogP contribution in [0.1, 0.15) is 47.0 Å². The Morgan fingerprint density at radius 3 is 2.44 bits per heavy atom. The monoisotopic (exact) mass is 227 g/mol. The summed E-state index contributed by atoms with van der Waals surface area (Å²) in [6.07, 6.45) is 4.33. The van der Waals surface area contributed by atoms with Gasteiger partial charge in [-0.25, -0.2) is 0 Å². The molecular weight excluding hydrogens is 198 g/mol. The fraction of sp³-hybridized carbons (Fsp3) is 1.00. The number of rotatable bonds is 5. The lowest BCUT2D eigenvalue weighted by molar-refractivity contribution is -0.0319. The molecular formula is C14H29NO. The molecule has 2 heteroatoms. The maximum absolute atomic E-state index is 6.08. The summed E-state index contributed by atoms with van der Waals surface area (Å²) in [6, 6.07) is 0. The number of hydrogen-bond donors (Lipinski definition) is 1. The quantitative estimate of drug-likeness (QED) is 0.779. The van der Waals surface area contributed by atoms with E-state index < -0.39 is 0 Å². The summed E-state index contributed by atoms with van der Waals surface area (Å²) in [7, 11) is 2.01. The summed E-state index contributed by atoms with van der Waals surface area (Å²) in [5, 5.41) is 3.23. The second-order valence-corrected chi connectivity index (χ2v) is 6.40. The van der Waals surface area contributed by atoms with Gasteiger partial charge in [-0.3, -0.25) is 0 Å². The molecule has 0 bridgehead atoms. The van der Waals surface area contributed by atoms with Crippen molar-refractivity contribution < 1.29 is 4.74 Å². The van der Waals surface area contributed by atoms with Gasteiger partial charge in [-0.2, -0.15) is 0 Å². The van der Waals surface area contributed by atoms with Gasteiger partial charge in [-0.05, 0) is 38.1 Å². The summed E-state index contributed by atoms with van der Waals surface area (Å²) < 4.78 is 6.08. The average Bonchev–Trinajstić information content (AvgIpc) is 2.20. The highest BCUT2D eigenvalue weighted by Crippen LogP contribution is 2.31. The van der Waals surface area contributed by atoms with Crippen molar-refractivity contribution in [3.63, 3.8) is 0 Å². The first-order valence-electron chi connectivity index (χ1n) is 6.71. The van der Waals surface area contributed by atoms with Gasteiger partial charge < -0.3 is 10.1 Å². The van der Waals surface area contributed by atoms with Crippen molar-refractivity contribution in [1.29, 1.82) is 0 Å². The number of nitrogens with one attached hydrogen (secondary N) is 1. The minimum absolute atomic E-state index is 0.251. The van der Waals surface area contributed by atoms with E-state index in [1.807, 2.05) is 7.05 Å². The van der Waals surface area contributed by atoms with Crippen molar-refractivity contribution in [2.45, 2.75) is 53.1 Å². The van der Waals surface area contributed by atoms with E-state index in [-0.39, 0.29) is 5.41 Å². The second kappa shape index (κ2) is 6.02. The first-order valence-corrected chi connectivity index (χ1v) is 6.71. The Kier molecular flexibility index (Phi) is 5.26. The van der Waals surface area contributed by atoms with Gasteiger partial charge in [0.25, 0.3) is 0 Å². The van der Waals surface area contributed by atoms with Crippen molar-refractivity contribution >= 4 is 0 Å². The van der Waals surface area contributed by atoms with Crippen LogP contribution >= 0.6 is 0 Å². The van der Waals surface area contributed by atoms with Crippen molar-refractivity contribution in [1.82, 2.24) is 5.32 Å². The Labute approximate surface area is 101 Å². The molecule has 0 aromatic carbocycles. The minimum Gasteiger partial charge on any atom is -0.378 e. The molecule has 1 fully saturated rings. The molecule has 0 radical (unpaired) electrons. The molecule has 0 heterocycles. The lowest BCUT2D eigenvalue weighted by atomic mass is 9.80. The second-order valence-electron chi connectivity index (χ2n) is 6.40. The van der Waals surface area contributed by atoms with Crippen LogP contribution in [0.15, 0.2) is 0 Å². The van der Waals surface area contributed by atoms with Gasteiger partial charge in [0.05, 0.1) is 12.7 Å². The van der Waals surface area contributed by atoms with Crippen LogP contribution in [0, 0.1) is 17.3 Å². The topological polar surface area (TPSA) is 21.3 Å². The van der Waals surface area contributed by atoms with Gasteiger partial charge in [-0.15, -0.1) is 0 Å². The van der Waals surface area contributed by atoms with E-state index >= 15 is 0 Å². The van der Waals surface area contributed by atoms with E-state index in [4.69, 9.17) is 4.74 Å². The molecule has 0 saturated heterocycles. The van der Waals surface area contributed by atoms with Crippen LogP contribution in [0.5, 0.6) is 0 Å². The van der Waals surface area contributed by atoms with Crippen molar-refractivity contribution in [2.75, 3.05) is 20.2 Å². The summed E-state index contributed by atoms with van der Waals surface area (Å²) in [5.41, 5.74) is 0.251. The molecule has 1 N–H and O–H groups in total. The SMILES string of the molecule is CNCC(C)(C)COC1CCC(C)C(C)C1. The smallest absolute Gasteiger partial charge is 0.0578 e. The molecule has 3 unspecified atom stereocenters. The molecule has 0 aliphatic heterocycles. The lowest BCUT2D eigenvalue weighted by Gasteiger charge is -2.34. The predicted octanol–water partition coefficient (Wildman–Crippen LogP) is 3.07. The zero-order valence-electron chi connectivity index (χ0n) is 11.7. The Hall–Kier alpha value is -0.0800. The Balaban J connectivity index is 2.28. The van der Waals surface area contributed by atoms with Gasteiger partial charge in [-0.1, -0.05) is 27.7 Å². The third-order valence-corrected chi connectivity index (χ3v) is 3.92. The lowest BCUT2D eigenvalue weighted by Crippen LogP contribution is -2.35. The van der Waals surface area contributed by atoms with Crippen LogP contribution in [0.3, 0.4) is 0 Å². The zero-order chi connectivity index (χ0) is 12.2. The van der Waals surface area contributed by atoms with Gasteiger partial charge >= 0.3 is 0 Å². The molecule has 96 valence electrons. The molecule has 1 rings (SSSR count). The number of hydrogen-bond acceptors (Lipinski definition) is 2. The molecule has 0 aromatic rings. The van der Waals surface area contributed by atoms with Crippen LogP contribution in [0.2, 0.25) is 0 Å². The Morgan fingerprint density at radius 2 is 1.88 bits per heavy atom. The molecule has 16 heavy (non-hydrogen) atoms. The number of ether oxygens (including phenoxy) is 1. The Morgan fingerprint density at radius 1 is 1.19 bits per heavy atom. The highest BCUT2D eigenvalue weighted by Gasteiger charge is 2.27. The van der Waals surface area contributed by atoms with Crippen molar-refractivity contribution in [2.24, 2.45) is 17.3 Å². The summed E-state index contributed by atoms with van der Waals surface area (Å²) in [5.74, 6) is 1.70. The predicted molar refractivity (Wildman–Crippen MR) is 69.6 cm³/mol. The van der Waals surface area contributed by atoms with Crippen LogP contribution in [0.4, 0.5) is 0 Å². The van der Waals surface area contributed by atoms with Crippen LogP contribution in [0.25, 0.3) is 0 Å². The van der Waals surface area contributed by atoms with Gasteiger partial charge in [0, 0.05) is 12.0 Å².